The van der Waals surface area contributed by atoms with Gasteiger partial charge < -0.3 is 10.4 Å². The van der Waals surface area contributed by atoms with Crippen LogP contribution in [0.3, 0.4) is 0 Å². The summed E-state index contributed by atoms with van der Waals surface area (Å²) in [7, 11) is 0. The number of anilines is 1. The smallest absolute Gasteiger partial charge is 0.131 e. The van der Waals surface area contributed by atoms with Crippen LogP contribution in [0.2, 0.25) is 5.15 Å². The van der Waals surface area contributed by atoms with Crippen molar-refractivity contribution in [1.29, 1.82) is 0 Å². The maximum absolute atomic E-state index is 9.66. The molecule has 1 aromatic carbocycles. The van der Waals surface area contributed by atoms with E-state index in [0.717, 1.165) is 10.0 Å². The summed E-state index contributed by atoms with van der Waals surface area (Å²) in [6.07, 6.45) is 0. The lowest BCUT2D eigenvalue weighted by Gasteiger charge is -2.08. The van der Waals surface area contributed by atoms with Crippen molar-refractivity contribution < 1.29 is 5.11 Å². The molecule has 2 aromatic rings. The van der Waals surface area contributed by atoms with E-state index in [2.05, 4.69) is 26.2 Å². The van der Waals surface area contributed by atoms with Crippen molar-refractivity contribution >= 4 is 33.3 Å². The molecule has 0 unspecified atom stereocenters. The van der Waals surface area contributed by atoms with Gasteiger partial charge in [0.15, 0.2) is 0 Å². The third-order valence-electron chi connectivity index (χ3n) is 2.22. The van der Waals surface area contributed by atoms with Gasteiger partial charge in [-0.25, -0.2) is 4.98 Å². The first-order chi connectivity index (χ1) is 8.15. The van der Waals surface area contributed by atoms with Crippen LogP contribution in [0.15, 0.2) is 40.9 Å². The maximum atomic E-state index is 9.66. The number of nitrogens with one attached hydrogen (secondary N) is 1. The van der Waals surface area contributed by atoms with E-state index in [4.69, 9.17) is 11.6 Å². The summed E-state index contributed by atoms with van der Waals surface area (Å²) in [6.45, 7) is 0.485. The van der Waals surface area contributed by atoms with Crippen LogP contribution in [0, 0.1) is 0 Å². The van der Waals surface area contributed by atoms with Crippen LogP contribution in [-0.2, 0) is 6.54 Å². The third-order valence-corrected chi connectivity index (χ3v) is 2.92. The van der Waals surface area contributed by atoms with E-state index in [1.807, 2.05) is 18.2 Å². The largest absolute Gasteiger partial charge is 0.508 e. The first-order valence-corrected chi connectivity index (χ1v) is 6.16. The lowest BCUT2D eigenvalue weighted by Crippen LogP contribution is -2.01. The first kappa shape index (κ1) is 12.2. The van der Waals surface area contributed by atoms with Gasteiger partial charge in [0.1, 0.15) is 16.7 Å². The number of halogens is 2. The van der Waals surface area contributed by atoms with Gasteiger partial charge in [-0.3, -0.25) is 0 Å². The molecule has 0 aliphatic carbocycles. The van der Waals surface area contributed by atoms with Crippen molar-refractivity contribution in [3.05, 3.63) is 51.6 Å². The molecule has 1 heterocycles. The Morgan fingerprint density at radius 2 is 2.12 bits per heavy atom. The van der Waals surface area contributed by atoms with E-state index in [-0.39, 0.29) is 5.75 Å². The van der Waals surface area contributed by atoms with Crippen molar-refractivity contribution in [2.24, 2.45) is 0 Å². The van der Waals surface area contributed by atoms with E-state index in [9.17, 15) is 5.11 Å². The van der Waals surface area contributed by atoms with Crippen LogP contribution in [0.5, 0.6) is 5.75 Å². The molecule has 0 radical (unpaired) electrons. The Morgan fingerprint density at radius 3 is 2.88 bits per heavy atom. The number of nitrogens with zero attached hydrogens (tertiary/aromatic N) is 1. The maximum Gasteiger partial charge on any atom is 0.131 e. The Balaban J connectivity index is 2.09. The van der Waals surface area contributed by atoms with Crippen LogP contribution in [0.4, 0.5) is 5.82 Å². The van der Waals surface area contributed by atoms with Crippen LogP contribution in [-0.4, -0.2) is 10.1 Å². The minimum atomic E-state index is 0.253. The average molecular weight is 314 g/mol. The Kier molecular flexibility index (Phi) is 3.86. The molecule has 0 aliphatic heterocycles. The summed E-state index contributed by atoms with van der Waals surface area (Å²) < 4.78 is 0.922. The number of hydrogen-bond acceptors (Lipinski definition) is 3. The van der Waals surface area contributed by atoms with E-state index in [0.29, 0.717) is 17.5 Å². The van der Waals surface area contributed by atoms with Crippen LogP contribution < -0.4 is 5.32 Å². The van der Waals surface area contributed by atoms with E-state index >= 15 is 0 Å². The number of pyridine rings is 1. The fraction of sp³-hybridized carbons (Fsp3) is 0.0833. The van der Waals surface area contributed by atoms with Crippen LogP contribution in [0.25, 0.3) is 0 Å². The van der Waals surface area contributed by atoms with E-state index < -0.39 is 0 Å². The summed E-state index contributed by atoms with van der Waals surface area (Å²) in [5, 5.41) is 13.2. The molecule has 0 saturated heterocycles. The highest BCUT2D eigenvalue weighted by atomic mass is 79.9. The molecule has 0 atom stereocenters. The summed E-state index contributed by atoms with van der Waals surface area (Å²) in [4.78, 5) is 4.10. The SMILES string of the molecule is Oc1ccc(Br)cc1CNc1cccc(Cl)n1. The van der Waals surface area contributed by atoms with E-state index in [1.165, 1.54) is 0 Å². The second kappa shape index (κ2) is 5.38. The summed E-state index contributed by atoms with van der Waals surface area (Å²) in [6, 6.07) is 10.6. The van der Waals surface area contributed by atoms with Crippen molar-refractivity contribution in [3.8, 4) is 5.75 Å². The predicted octanol–water partition coefficient (Wildman–Crippen LogP) is 3.82. The molecule has 0 fully saturated rings. The molecule has 1 aromatic heterocycles. The van der Waals surface area contributed by atoms with Crippen molar-refractivity contribution in [2.75, 3.05) is 5.32 Å². The highest BCUT2D eigenvalue weighted by Gasteiger charge is 2.02. The minimum Gasteiger partial charge on any atom is -0.508 e. The Bertz CT molecular complexity index is 534. The van der Waals surface area contributed by atoms with Gasteiger partial charge >= 0.3 is 0 Å². The number of phenols is 1. The number of rotatable bonds is 3. The van der Waals surface area contributed by atoms with Crippen LogP contribution in [0.1, 0.15) is 5.56 Å². The molecule has 0 amide bonds. The van der Waals surface area contributed by atoms with E-state index in [1.54, 1.807) is 18.2 Å². The zero-order chi connectivity index (χ0) is 12.3. The van der Waals surface area contributed by atoms with Gasteiger partial charge in [-0.15, -0.1) is 0 Å². The second-order valence-electron chi connectivity index (χ2n) is 3.47. The number of benzene rings is 1. The van der Waals surface area contributed by atoms with Gasteiger partial charge in [0, 0.05) is 16.6 Å². The summed E-state index contributed by atoms with van der Waals surface area (Å²) in [5.74, 6) is 0.930. The first-order valence-electron chi connectivity index (χ1n) is 4.99. The van der Waals surface area contributed by atoms with Crippen molar-refractivity contribution in [1.82, 2.24) is 4.98 Å². The molecule has 5 heteroatoms. The van der Waals surface area contributed by atoms with Crippen LogP contribution >= 0.6 is 27.5 Å². The molecular formula is C12H10BrClN2O. The lowest BCUT2D eigenvalue weighted by molar-refractivity contribution is 0.469. The molecule has 0 bridgehead atoms. The van der Waals surface area contributed by atoms with Crippen molar-refractivity contribution in [3.63, 3.8) is 0 Å². The quantitative estimate of drug-likeness (QED) is 0.847. The Morgan fingerprint density at radius 1 is 1.29 bits per heavy atom. The zero-order valence-corrected chi connectivity index (χ0v) is 11.2. The van der Waals surface area contributed by atoms with Gasteiger partial charge in [-0.2, -0.15) is 0 Å². The molecule has 17 heavy (non-hydrogen) atoms. The number of hydrogen-bond donors (Lipinski definition) is 2. The summed E-state index contributed by atoms with van der Waals surface area (Å²) in [5.41, 5.74) is 0.793. The molecule has 0 aliphatic rings. The Hall–Kier alpha value is -1.26. The standard InChI is InChI=1S/C12H10BrClN2O/c13-9-4-5-10(17)8(6-9)7-15-12-3-1-2-11(14)16-12/h1-6,17H,7H2,(H,15,16). The molecule has 0 spiro atoms. The highest BCUT2D eigenvalue weighted by molar-refractivity contribution is 9.10. The fourth-order valence-electron chi connectivity index (χ4n) is 1.39. The fourth-order valence-corrected chi connectivity index (χ4v) is 1.96. The third kappa shape index (κ3) is 3.35. The molecule has 0 saturated carbocycles. The van der Waals surface area contributed by atoms with Gasteiger partial charge in [-0.05, 0) is 30.3 Å². The number of phenolic OH excluding ortho intramolecular Hbond substituents is 1. The van der Waals surface area contributed by atoms with Gasteiger partial charge in [0.05, 0.1) is 0 Å². The molecule has 2 rings (SSSR count). The predicted molar refractivity (Wildman–Crippen MR) is 72.4 cm³/mol. The molecule has 3 nitrogen and oxygen atoms in total. The normalized spacial score (nSPS) is 10.2. The molecule has 2 N–H and O–H groups in total. The number of aromatic nitrogens is 1. The topological polar surface area (TPSA) is 45.1 Å². The highest BCUT2D eigenvalue weighted by Crippen LogP contribution is 2.22. The Labute approximate surface area is 113 Å². The van der Waals surface area contributed by atoms with Crippen molar-refractivity contribution in [2.45, 2.75) is 6.54 Å². The summed E-state index contributed by atoms with van der Waals surface area (Å²) >= 11 is 9.13. The average Bonchev–Trinajstić information content (AvgIpc) is 2.30. The van der Waals surface area contributed by atoms with Gasteiger partial charge in [0.25, 0.3) is 0 Å². The minimum absolute atomic E-state index is 0.253. The number of aromatic hydroxyl groups is 1. The van der Waals surface area contributed by atoms with Gasteiger partial charge in [-0.1, -0.05) is 33.6 Å². The monoisotopic (exact) mass is 312 g/mol. The molecule has 88 valence electrons. The zero-order valence-electron chi connectivity index (χ0n) is 8.82. The molecular weight excluding hydrogens is 304 g/mol. The van der Waals surface area contributed by atoms with Gasteiger partial charge in [0.2, 0.25) is 0 Å². The lowest BCUT2D eigenvalue weighted by atomic mass is 10.2. The second-order valence-corrected chi connectivity index (χ2v) is 4.78.